The Morgan fingerprint density at radius 1 is 0.941 bits per heavy atom. The topological polar surface area (TPSA) is 75.7 Å². The number of nitrogens with zero attached hydrogens (tertiary/aromatic N) is 1. The maximum atomic E-state index is 13.5. The van der Waals surface area contributed by atoms with E-state index in [9.17, 15) is 13.2 Å². The van der Waals surface area contributed by atoms with Crippen molar-refractivity contribution < 1.29 is 17.9 Å². The maximum absolute atomic E-state index is 13.5. The van der Waals surface area contributed by atoms with E-state index >= 15 is 0 Å². The summed E-state index contributed by atoms with van der Waals surface area (Å²) >= 11 is 0. The summed E-state index contributed by atoms with van der Waals surface area (Å²) in [4.78, 5) is 13.1. The van der Waals surface area contributed by atoms with Crippen LogP contribution in [0, 0.1) is 20.8 Å². The lowest BCUT2D eigenvalue weighted by Crippen LogP contribution is -2.41. The molecule has 0 saturated heterocycles. The van der Waals surface area contributed by atoms with Crippen molar-refractivity contribution in [3.8, 4) is 5.75 Å². The SMILES string of the molecule is CCOc1ccc(S(=O)(=O)N(CC(=O)NC(C)c2cc(C)c(C)cc2C)c2ccccc2)cc1. The van der Waals surface area contributed by atoms with Gasteiger partial charge in [0.25, 0.3) is 10.0 Å². The molecule has 0 radical (unpaired) electrons. The number of aryl methyl sites for hydroxylation is 3. The molecule has 3 aromatic rings. The van der Waals surface area contributed by atoms with E-state index in [1.807, 2.05) is 27.7 Å². The van der Waals surface area contributed by atoms with Crippen LogP contribution in [0.2, 0.25) is 0 Å². The van der Waals surface area contributed by atoms with Crippen molar-refractivity contribution in [1.82, 2.24) is 5.32 Å². The minimum atomic E-state index is -3.98. The Kier molecular flexibility index (Phi) is 7.99. The Morgan fingerprint density at radius 2 is 1.56 bits per heavy atom. The van der Waals surface area contributed by atoms with Crippen molar-refractivity contribution in [2.75, 3.05) is 17.5 Å². The van der Waals surface area contributed by atoms with Gasteiger partial charge in [-0.3, -0.25) is 9.10 Å². The number of nitrogens with one attached hydrogen (secondary N) is 1. The number of para-hydroxylation sites is 1. The first-order valence-electron chi connectivity index (χ1n) is 11.3. The van der Waals surface area contributed by atoms with E-state index in [4.69, 9.17) is 4.74 Å². The van der Waals surface area contributed by atoms with E-state index in [1.54, 1.807) is 42.5 Å². The number of amides is 1. The van der Waals surface area contributed by atoms with Gasteiger partial charge in [-0.05, 0) is 93.3 Å². The van der Waals surface area contributed by atoms with Gasteiger partial charge < -0.3 is 10.1 Å². The summed E-state index contributed by atoms with van der Waals surface area (Å²) in [5.74, 6) is 0.200. The highest BCUT2D eigenvalue weighted by Gasteiger charge is 2.28. The fourth-order valence-corrected chi connectivity index (χ4v) is 5.28. The molecule has 3 rings (SSSR count). The average molecular weight is 481 g/mol. The molecule has 6 nitrogen and oxygen atoms in total. The van der Waals surface area contributed by atoms with Gasteiger partial charge in [-0.25, -0.2) is 8.42 Å². The summed E-state index contributed by atoms with van der Waals surface area (Å²) in [5.41, 5.74) is 4.85. The number of ether oxygens (including phenoxy) is 1. The van der Waals surface area contributed by atoms with Crippen LogP contribution in [0.5, 0.6) is 5.75 Å². The normalized spacial score (nSPS) is 12.1. The van der Waals surface area contributed by atoms with Crippen LogP contribution in [0.3, 0.4) is 0 Å². The Hall–Kier alpha value is -3.32. The molecule has 0 aliphatic rings. The van der Waals surface area contributed by atoms with Crippen LogP contribution in [0.1, 0.15) is 42.1 Å². The Balaban J connectivity index is 1.87. The highest BCUT2D eigenvalue weighted by molar-refractivity contribution is 7.92. The minimum Gasteiger partial charge on any atom is -0.494 e. The number of sulfonamides is 1. The van der Waals surface area contributed by atoms with E-state index in [2.05, 4.69) is 24.4 Å². The zero-order chi connectivity index (χ0) is 24.9. The Bertz CT molecular complexity index is 1240. The maximum Gasteiger partial charge on any atom is 0.264 e. The van der Waals surface area contributed by atoms with E-state index < -0.39 is 10.0 Å². The van der Waals surface area contributed by atoms with Crippen LogP contribution in [0.4, 0.5) is 5.69 Å². The number of hydrogen-bond donors (Lipinski definition) is 1. The summed E-state index contributed by atoms with van der Waals surface area (Å²) in [6.45, 7) is 10.0. The molecule has 0 fully saturated rings. The molecule has 0 bridgehead atoms. The van der Waals surface area contributed by atoms with Gasteiger partial charge in [0.15, 0.2) is 0 Å². The molecule has 1 atom stereocenters. The second kappa shape index (κ2) is 10.7. The number of hydrogen-bond acceptors (Lipinski definition) is 4. The number of rotatable bonds is 9. The molecular formula is C27H32N2O4S. The molecule has 7 heteroatoms. The number of carbonyl (C=O) groups is 1. The first-order valence-corrected chi connectivity index (χ1v) is 12.7. The standard InChI is InChI=1S/C27H32N2O4S/c1-6-33-24-12-14-25(15-13-24)34(31,32)29(23-10-8-7-9-11-23)18-27(30)28-22(5)26-17-20(3)19(2)16-21(26)4/h7-17,22H,6,18H2,1-5H3,(H,28,30). The molecule has 34 heavy (non-hydrogen) atoms. The molecule has 180 valence electrons. The second-order valence-electron chi connectivity index (χ2n) is 8.33. The van der Waals surface area contributed by atoms with Crippen LogP contribution >= 0.6 is 0 Å². The third kappa shape index (κ3) is 5.78. The van der Waals surface area contributed by atoms with Crippen LogP contribution in [-0.4, -0.2) is 27.5 Å². The summed E-state index contributed by atoms with van der Waals surface area (Å²) in [5, 5.41) is 2.97. The lowest BCUT2D eigenvalue weighted by atomic mass is 9.96. The highest BCUT2D eigenvalue weighted by atomic mass is 32.2. The van der Waals surface area contributed by atoms with Crippen molar-refractivity contribution in [2.45, 2.75) is 45.6 Å². The van der Waals surface area contributed by atoms with Crippen molar-refractivity contribution in [2.24, 2.45) is 0 Å². The summed E-state index contributed by atoms with van der Waals surface area (Å²) < 4.78 is 33.6. The fourth-order valence-electron chi connectivity index (χ4n) is 3.86. The Morgan fingerprint density at radius 3 is 2.18 bits per heavy atom. The average Bonchev–Trinajstić information content (AvgIpc) is 2.81. The van der Waals surface area contributed by atoms with Gasteiger partial charge in [0.05, 0.1) is 23.2 Å². The first kappa shape index (κ1) is 25.3. The summed E-state index contributed by atoms with van der Waals surface area (Å²) in [7, 11) is -3.98. The quantitative estimate of drug-likeness (QED) is 0.463. The van der Waals surface area contributed by atoms with Gasteiger partial charge in [0, 0.05) is 0 Å². The van der Waals surface area contributed by atoms with Gasteiger partial charge in [-0.1, -0.05) is 30.3 Å². The molecule has 1 unspecified atom stereocenters. The zero-order valence-corrected chi connectivity index (χ0v) is 21.1. The van der Waals surface area contributed by atoms with E-state index in [0.717, 1.165) is 21.0 Å². The monoisotopic (exact) mass is 480 g/mol. The zero-order valence-electron chi connectivity index (χ0n) is 20.3. The van der Waals surface area contributed by atoms with Crippen LogP contribution in [0.15, 0.2) is 71.6 Å². The first-order chi connectivity index (χ1) is 16.1. The van der Waals surface area contributed by atoms with Gasteiger partial charge in [-0.15, -0.1) is 0 Å². The minimum absolute atomic E-state index is 0.0886. The fraction of sp³-hybridized carbons (Fsp3) is 0.296. The largest absolute Gasteiger partial charge is 0.494 e. The van der Waals surface area contributed by atoms with Crippen molar-refractivity contribution >= 4 is 21.6 Å². The molecule has 0 saturated carbocycles. The molecule has 0 heterocycles. The lowest BCUT2D eigenvalue weighted by molar-refractivity contribution is -0.120. The van der Waals surface area contributed by atoms with Crippen LogP contribution < -0.4 is 14.4 Å². The van der Waals surface area contributed by atoms with Gasteiger partial charge in [0.2, 0.25) is 5.91 Å². The van der Waals surface area contributed by atoms with Crippen molar-refractivity contribution in [1.29, 1.82) is 0 Å². The third-order valence-electron chi connectivity index (χ3n) is 5.78. The van der Waals surface area contributed by atoms with Gasteiger partial charge >= 0.3 is 0 Å². The molecule has 1 amide bonds. The van der Waals surface area contributed by atoms with Crippen LogP contribution in [0.25, 0.3) is 0 Å². The predicted octanol–water partition coefficient (Wildman–Crippen LogP) is 5.08. The number of anilines is 1. The molecule has 0 aromatic heterocycles. The summed E-state index contributed by atoms with van der Waals surface area (Å²) in [6.07, 6.45) is 0. The van der Waals surface area contributed by atoms with E-state index in [-0.39, 0.29) is 23.4 Å². The summed E-state index contributed by atoms with van der Waals surface area (Å²) in [6, 6.07) is 18.8. The molecule has 3 aromatic carbocycles. The molecule has 0 spiro atoms. The van der Waals surface area contributed by atoms with Gasteiger partial charge in [-0.2, -0.15) is 0 Å². The molecular weight excluding hydrogens is 448 g/mol. The molecule has 0 aliphatic carbocycles. The second-order valence-corrected chi connectivity index (χ2v) is 10.2. The predicted molar refractivity (Wildman–Crippen MR) is 136 cm³/mol. The molecule has 0 aliphatic heterocycles. The van der Waals surface area contributed by atoms with Crippen molar-refractivity contribution in [3.05, 3.63) is 89.0 Å². The number of carbonyl (C=O) groups excluding carboxylic acids is 1. The van der Waals surface area contributed by atoms with Crippen molar-refractivity contribution in [3.63, 3.8) is 0 Å². The Labute approximate surface area is 202 Å². The van der Waals surface area contributed by atoms with E-state index in [1.165, 1.54) is 17.7 Å². The van der Waals surface area contributed by atoms with E-state index in [0.29, 0.717) is 18.0 Å². The number of benzene rings is 3. The van der Waals surface area contributed by atoms with Crippen LogP contribution in [-0.2, 0) is 14.8 Å². The lowest BCUT2D eigenvalue weighted by Gasteiger charge is -2.25. The molecule has 1 N–H and O–H groups in total. The smallest absolute Gasteiger partial charge is 0.264 e. The third-order valence-corrected chi connectivity index (χ3v) is 7.57. The highest BCUT2D eigenvalue weighted by Crippen LogP contribution is 2.26. The van der Waals surface area contributed by atoms with Gasteiger partial charge in [0.1, 0.15) is 12.3 Å².